The molecule has 0 aliphatic carbocycles. The Balaban J connectivity index is 1.73. The molecule has 1 aliphatic rings. The molecule has 1 fully saturated rings. The number of nitrogens with zero attached hydrogens (tertiary/aromatic N) is 2. The summed E-state index contributed by atoms with van der Waals surface area (Å²) in [6.45, 7) is 1.42. The lowest BCUT2D eigenvalue weighted by Crippen LogP contribution is -2.33. The summed E-state index contributed by atoms with van der Waals surface area (Å²) >= 11 is 0. The van der Waals surface area contributed by atoms with Crippen molar-refractivity contribution in [3.63, 3.8) is 0 Å². The van der Waals surface area contributed by atoms with Gasteiger partial charge in [0, 0.05) is 18.9 Å². The number of aromatic nitrogens is 1. The summed E-state index contributed by atoms with van der Waals surface area (Å²) in [6.07, 6.45) is 3.50. The Bertz CT molecular complexity index is 962. The quantitative estimate of drug-likeness (QED) is 0.690. The van der Waals surface area contributed by atoms with Crippen molar-refractivity contribution in [2.24, 2.45) is 0 Å². The van der Waals surface area contributed by atoms with Crippen molar-refractivity contribution in [2.45, 2.75) is 12.6 Å². The number of hydrogen-bond donors (Lipinski definition) is 0. The highest BCUT2D eigenvalue weighted by Gasteiger charge is 2.28. The lowest BCUT2D eigenvalue weighted by Gasteiger charge is -2.30. The van der Waals surface area contributed by atoms with E-state index in [0.29, 0.717) is 19.7 Å². The standard InChI is InChI=1S/C23H21FN2O2/c24-19-8-4-7-18(11-19)21-9-10-25-12-22(21)23-16-28-15-20(27)14-26(23)13-17-5-2-1-3-6-17/h1-12,23H,13-16H2. The van der Waals surface area contributed by atoms with Crippen molar-refractivity contribution in [3.05, 3.63) is 90.0 Å². The van der Waals surface area contributed by atoms with E-state index < -0.39 is 0 Å². The molecule has 2 aromatic carbocycles. The molecule has 5 heteroatoms. The molecule has 0 bridgehead atoms. The molecule has 1 unspecified atom stereocenters. The maximum Gasteiger partial charge on any atom is 0.172 e. The van der Waals surface area contributed by atoms with Gasteiger partial charge in [0.15, 0.2) is 5.78 Å². The number of carbonyl (C=O) groups excluding carboxylic acids is 1. The van der Waals surface area contributed by atoms with Crippen LogP contribution in [0.4, 0.5) is 4.39 Å². The van der Waals surface area contributed by atoms with E-state index in [1.807, 2.05) is 42.5 Å². The number of pyridine rings is 1. The first kappa shape index (κ1) is 18.5. The van der Waals surface area contributed by atoms with Crippen LogP contribution in [0.2, 0.25) is 0 Å². The third kappa shape index (κ3) is 4.16. The topological polar surface area (TPSA) is 42.4 Å². The number of halogens is 1. The molecule has 2 heterocycles. The van der Waals surface area contributed by atoms with Crippen LogP contribution in [-0.4, -0.2) is 35.4 Å². The minimum atomic E-state index is -0.284. The largest absolute Gasteiger partial charge is 0.372 e. The molecule has 4 rings (SSSR count). The highest BCUT2D eigenvalue weighted by molar-refractivity contribution is 5.82. The molecule has 142 valence electrons. The summed E-state index contributed by atoms with van der Waals surface area (Å²) in [4.78, 5) is 18.6. The van der Waals surface area contributed by atoms with Crippen molar-refractivity contribution >= 4 is 5.78 Å². The Morgan fingerprint density at radius 3 is 2.79 bits per heavy atom. The fraction of sp³-hybridized carbons (Fsp3) is 0.217. The Morgan fingerprint density at radius 2 is 1.96 bits per heavy atom. The molecule has 0 radical (unpaired) electrons. The molecular weight excluding hydrogens is 355 g/mol. The van der Waals surface area contributed by atoms with Gasteiger partial charge in [0.05, 0.1) is 19.2 Å². The van der Waals surface area contributed by atoms with E-state index in [0.717, 1.165) is 22.3 Å². The summed E-state index contributed by atoms with van der Waals surface area (Å²) in [6, 6.07) is 18.3. The number of Topliss-reactive ketones (excluding diaryl/α,β-unsaturated/α-hetero) is 1. The van der Waals surface area contributed by atoms with Crippen LogP contribution in [0.1, 0.15) is 17.2 Å². The molecule has 28 heavy (non-hydrogen) atoms. The highest BCUT2D eigenvalue weighted by atomic mass is 19.1. The smallest absolute Gasteiger partial charge is 0.172 e. The predicted octanol–water partition coefficient (Wildman–Crippen LogP) is 4.03. The second-order valence-electron chi connectivity index (χ2n) is 6.93. The first-order valence-electron chi connectivity index (χ1n) is 9.28. The van der Waals surface area contributed by atoms with Gasteiger partial charge in [-0.05, 0) is 40.5 Å². The van der Waals surface area contributed by atoms with E-state index in [4.69, 9.17) is 4.74 Å². The number of ketones is 1. The molecule has 1 saturated heterocycles. The van der Waals surface area contributed by atoms with Crippen LogP contribution < -0.4 is 0 Å². The lowest BCUT2D eigenvalue weighted by molar-refractivity contribution is -0.122. The molecular formula is C23H21FN2O2. The zero-order valence-corrected chi connectivity index (χ0v) is 15.4. The molecule has 0 spiro atoms. The first-order chi connectivity index (χ1) is 13.7. The van der Waals surface area contributed by atoms with Crippen LogP contribution in [0.3, 0.4) is 0 Å². The van der Waals surface area contributed by atoms with E-state index >= 15 is 0 Å². The van der Waals surface area contributed by atoms with Crippen LogP contribution in [0, 0.1) is 5.82 Å². The molecule has 1 atom stereocenters. The third-order valence-corrected chi connectivity index (χ3v) is 4.93. The van der Waals surface area contributed by atoms with E-state index in [2.05, 4.69) is 9.88 Å². The molecule has 3 aromatic rings. The SMILES string of the molecule is O=C1COCC(c2cnccc2-c2cccc(F)c2)N(Cc2ccccc2)C1. The number of benzene rings is 2. The van der Waals surface area contributed by atoms with Gasteiger partial charge in [0.25, 0.3) is 0 Å². The maximum absolute atomic E-state index is 13.8. The van der Waals surface area contributed by atoms with Gasteiger partial charge < -0.3 is 4.74 Å². The summed E-state index contributed by atoms with van der Waals surface area (Å²) < 4.78 is 19.5. The molecule has 0 saturated carbocycles. The minimum Gasteiger partial charge on any atom is -0.372 e. The Kier molecular flexibility index (Phi) is 5.55. The van der Waals surface area contributed by atoms with E-state index in [1.165, 1.54) is 12.1 Å². The molecule has 0 N–H and O–H groups in total. The monoisotopic (exact) mass is 376 g/mol. The third-order valence-electron chi connectivity index (χ3n) is 4.93. The van der Waals surface area contributed by atoms with Gasteiger partial charge >= 0.3 is 0 Å². The van der Waals surface area contributed by atoms with Gasteiger partial charge in [-0.3, -0.25) is 14.7 Å². The molecule has 0 amide bonds. The first-order valence-corrected chi connectivity index (χ1v) is 9.28. The Hall–Kier alpha value is -2.89. The van der Waals surface area contributed by atoms with Crippen molar-refractivity contribution in [2.75, 3.05) is 19.8 Å². The Labute approximate surface area is 163 Å². The summed E-state index contributed by atoms with van der Waals surface area (Å²) in [7, 11) is 0. The van der Waals surface area contributed by atoms with E-state index in [1.54, 1.807) is 18.5 Å². The van der Waals surface area contributed by atoms with Gasteiger partial charge in [0.1, 0.15) is 12.4 Å². The zero-order valence-electron chi connectivity index (χ0n) is 15.4. The van der Waals surface area contributed by atoms with Crippen molar-refractivity contribution < 1.29 is 13.9 Å². The fourth-order valence-electron chi connectivity index (χ4n) is 3.63. The maximum atomic E-state index is 13.8. The van der Waals surface area contributed by atoms with Crippen LogP contribution in [0.15, 0.2) is 73.1 Å². The van der Waals surface area contributed by atoms with Crippen molar-refractivity contribution in [1.82, 2.24) is 9.88 Å². The average Bonchev–Trinajstić information content (AvgIpc) is 2.89. The minimum absolute atomic E-state index is 0.0506. The second-order valence-corrected chi connectivity index (χ2v) is 6.93. The normalized spacial score (nSPS) is 18.0. The molecule has 4 nitrogen and oxygen atoms in total. The molecule has 1 aromatic heterocycles. The predicted molar refractivity (Wildman–Crippen MR) is 105 cm³/mol. The van der Waals surface area contributed by atoms with Crippen LogP contribution in [0.5, 0.6) is 0 Å². The van der Waals surface area contributed by atoms with Crippen LogP contribution in [-0.2, 0) is 16.1 Å². The number of carbonyl (C=O) groups is 1. The summed E-state index contributed by atoms with van der Waals surface area (Å²) in [5.74, 6) is -0.233. The molecule has 1 aliphatic heterocycles. The van der Waals surface area contributed by atoms with Gasteiger partial charge in [-0.25, -0.2) is 4.39 Å². The number of hydrogen-bond acceptors (Lipinski definition) is 4. The second kappa shape index (κ2) is 8.42. The van der Waals surface area contributed by atoms with Crippen molar-refractivity contribution in [1.29, 1.82) is 0 Å². The zero-order chi connectivity index (χ0) is 19.3. The summed E-state index contributed by atoms with van der Waals surface area (Å²) in [5.41, 5.74) is 3.74. The number of ether oxygens (including phenoxy) is 1. The van der Waals surface area contributed by atoms with Gasteiger partial charge in [0.2, 0.25) is 0 Å². The van der Waals surface area contributed by atoms with Crippen molar-refractivity contribution in [3.8, 4) is 11.1 Å². The number of rotatable bonds is 4. The van der Waals surface area contributed by atoms with Gasteiger partial charge in [-0.1, -0.05) is 42.5 Å². The highest BCUT2D eigenvalue weighted by Crippen LogP contribution is 2.33. The van der Waals surface area contributed by atoms with E-state index in [-0.39, 0.29) is 24.2 Å². The van der Waals surface area contributed by atoms with Gasteiger partial charge in [-0.15, -0.1) is 0 Å². The van der Waals surface area contributed by atoms with E-state index in [9.17, 15) is 9.18 Å². The van der Waals surface area contributed by atoms with Crippen LogP contribution in [0.25, 0.3) is 11.1 Å². The summed E-state index contributed by atoms with van der Waals surface area (Å²) in [5, 5.41) is 0. The van der Waals surface area contributed by atoms with Crippen LogP contribution >= 0.6 is 0 Å². The lowest BCUT2D eigenvalue weighted by atomic mass is 9.96. The Morgan fingerprint density at radius 1 is 1.11 bits per heavy atom. The van der Waals surface area contributed by atoms with Gasteiger partial charge in [-0.2, -0.15) is 0 Å². The fourth-order valence-corrected chi connectivity index (χ4v) is 3.63. The average molecular weight is 376 g/mol.